The maximum atomic E-state index is 12.4. The number of nitrogens with zero attached hydrogens (tertiary/aromatic N) is 1. The van der Waals surface area contributed by atoms with Crippen molar-refractivity contribution >= 4 is 11.8 Å². The molecule has 1 atom stereocenters. The summed E-state index contributed by atoms with van der Waals surface area (Å²) in [5.74, 6) is 0.324. The fourth-order valence-corrected chi connectivity index (χ4v) is 2.11. The van der Waals surface area contributed by atoms with Crippen LogP contribution < -0.4 is 5.32 Å². The number of hydrogen-bond donors (Lipinski definition) is 1. The summed E-state index contributed by atoms with van der Waals surface area (Å²) in [6, 6.07) is -0.392. The van der Waals surface area contributed by atoms with Gasteiger partial charge in [0.1, 0.15) is 6.04 Å². The third-order valence-corrected chi connectivity index (χ3v) is 3.50. The molecule has 0 aromatic heterocycles. The molecule has 1 saturated carbocycles. The highest BCUT2D eigenvalue weighted by Gasteiger charge is 2.35. The Morgan fingerprint density at radius 2 is 1.83 bits per heavy atom. The molecule has 1 saturated heterocycles. The average Bonchev–Trinajstić information content (AvgIpc) is 3.20. The minimum absolute atomic E-state index is 0.0299. The molecule has 2 fully saturated rings. The summed E-state index contributed by atoms with van der Waals surface area (Å²) in [5.41, 5.74) is 0. The summed E-state index contributed by atoms with van der Waals surface area (Å²) in [6.07, 6.45) is 1.92. The van der Waals surface area contributed by atoms with Crippen molar-refractivity contribution in [3.8, 4) is 0 Å². The molecule has 2 rings (SSSR count). The highest BCUT2D eigenvalue weighted by molar-refractivity contribution is 5.89. The normalized spacial score (nSPS) is 21.8. The first-order valence-corrected chi connectivity index (χ1v) is 6.76. The first-order chi connectivity index (χ1) is 8.59. The lowest BCUT2D eigenvalue weighted by atomic mass is 10.0. The van der Waals surface area contributed by atoms with E-state index in [0.29, 0.717) is 26.3 Å². The van der Waals surface area contributed by atoms with Crippen molar-refractivity contribution in [3.63, 3.8) is 0 Å². The molecule has 5 nitrogen and oxygen atoms in total. The van der Waals surface area contributed by atoms with Crippen molar-refractivity contribution in [1.82, 2.24) is 10.2 Å². The first kappa shape index (κ1) is 13.3. The van der Waals surface area contributed by atoms with Gasteiger partial charge in [-0.2, -0.15) is 0 Å². The SMILES string of the molecule is CC(C)[C@H](NC(=O)C1CC1)C(=O)N1CCOCC1. The van der Waals surface area contributed by atoms with Gasteiger partial charge in [0.15, 0.2) is 0 Å². The highest BCUT2D eigenvalue weighted by atomic mass is 16.5. The molecule has 1 N–H and O–H groups in total. The molecule has 2 amide bonds. The largest absolute Gasteiger partial charge is 0.378 e. The third kappa shape index (κ3) is 3.22. The second-order valence-corrected chi connectivity index (χ2v) is 5.44. The number of nitrogens with one attached hydrogen (secondary N) is 1. The molecule has 1 aliphatic heterocycles. The zero-order valence-electron chi connectivity index (χ0n) is 11.1. The van der Waals surface area contributed by atoms with Crippen LogP contribution >= 0.6 is 0 Å². The Labute approximate surface area is 108 Å². The summed E-state index contributed by atoms with van der Waals surface area (Å²) in [5, 5.41) is 2.90. The van der Waals surface area contributed by atoms with Gasteiger partial charge in [-0.05, 0) is 18.8 Å². The maximum absolute atomic E-state index is 12.4. The van der Waals surface area contributed by atoms with Gasteiger partial charge in [-0.25, -0.2) is 0 Å². The molecule has 0 bridgehead atoms. The van der Waals surface area contributed by atoms with Gasteiger partial charge in [0.2, 0.25) is 11.8 Å². The fourth-order valence-electron chi connectivity index (χ4n) is 2.11. The number of morpholine rings is 1. The van der Waals surface area contributed by atoms with Gasteiger partial charge in [0, 0.05) is 19.0 Å². The number of rotatable bonds is 4. The van der Waals surface area contributed by atoms with Gasteiger partial charge >= 0.3 is 0 Å². The van der Waals surface area contributed by atoms with E-state index in [1.807, 2.05) is 13.8 Å². The van der Waals surface area contributed by atoms with Crippen molar-refractivity contribution < 1.29 is 14.3 Å². The minimum Gasteiger partial charge on any atom is -0.378 e. The van der Waals surface area contributed by atoms with E-state index >= 15 is 0 Å². The Hall–Kier alpha value is -1.10. The molecular formula is C13H22N2O3. The molecular weight excluding hydrogens is 232 g/mol. The van der Waals surface area contributed by atoms with Crippen LogP contribution in [0.1, 0.15) is 26.7 Å². The van der Waals surface area contributed by atoms with Crippen LogP contribution in [0, 0.1) is 11.8 Å². The lowest BCUT2D eigenvalue weighted by Crippen LogP contribution is -2.54. The van der Waals surface area contributed by atoms with E-state index in [2.05, 4.69) is 5.32 Å². The van der Waals surface area contributed by atoms with Gasteiger partial charge in [-0.1, -0.05) is 13.8 Å². The number of ether oxygens (including phenoxy) is 1. The monoisotopic (exact) mass is 254 g/mol. The topological polar surface area (TPSA) is 58.6 Å². The van der Waals surface area contributed by atoms with Gasteiger partial charge < -0.3 is 15.0 Å². The smallest absolute Gasteiger partial charge is 0.245 e. The number of carbonyl (C=O) groups is 2. The molecule has 0 aromatic carbocycles. The van der Waals surface area contributed by atoms with Gasteiger partial charge in [-0.3, -0.25) is 9.59 Å². The van der Waals surface area contributed by atoms with Crippen LogP contribution in [0.3, 0.4) is 0 Å². The van der Waals surface area contributed by atoms with Crippen LogP contribution in [0.5, 0.6) is 0 Å². The van der Waals surface area contributed by atoms with E-state index in [4.69, 9.17) is 4.74 Å². The van der Waals surface area contributed by atoms with Gasteiger partial charge in [0.05, 0.1) is 13.2 Å². The predicted octanol–water partition coefficient (Wildman–Crippen LogP) is 0.396. The first-order valence-electron chi connectivity index (χ1n) is 6.76. The summed E-state index contributed by atoms with van der Waals surface area (Å²) in [4.78, 5) is 26.0. The van der Waals surface area contributed by atoms with Crippen molar-refractivity contribution in [2.24, 2.45) is 11.8 Å². The van der Waals surface area contributed by atoms with E-state index in [1.54, 1.807) is 4.90 Å². The predicted molar refractivity (Wildman–Crippen MR) is 66.9 cm³/mol. The lowest BCUT2D eigenvalue weighted by molar-refractivity contribution is -0.141. The maximum Gasteiger partial charge on any atom is 0.245 e. The van der Waals surface area contributed by atoms with Crippen LogP contribution in [0.25, 0.3) is 0 Å². The molecule has 1 aliphatic carbocycles. The molecule has 18 heavy (non-hydrogen) atoms. The minimum atomic E-state index is -0.392. The molecule has 102 valence electrons. The second-order valence-electron chi connectivity index (χ2n) is 5.44. The highest BCUT2D eigenvalue weighted by Crippen LogP contribution is 2.29. The molecule has 2 aliphatic rings. The molecule has 5 heteroatoms. The second kappa shape index (κ2) is 5.69. The number of hydrogen-bond acceptors (Lipinski definition) is 3. The number of carbonyl (C=O) groups excluding carboxylic acids is 2. The fraction of sp³-hybridized carbons (Fsp3) is 0.846. The van der Waals surface area contributed by atoms with E-state index in [1.165, 1.54) is 0 Å². The zero-order chi connectivity index (χ0) is 13.1. The van der Waals surface area contributed by atoms with Crippen molar-refractivity contribution in [1.29, 1.82) is 0 Å². The van der Waals surface area contributed by atoms with Crippen LogP contribution in [0.4, 0.5) is 0 Å². The standard InChI is InChI=1S/C13H22N2O3/c1-9(2)11(14-12(16)10-3-4-10)13(17)15-5-7-18-8-6-15/h9-11H,3-8H2,1-2H3,(H,14,16)/t11-/m0/s1. The summed E-state index contributed by atoms with van der Waals surface area (Å²) in [6.45, 7) is 6.37. The Bertz CT molecular complexity index is 320. The van der Waals surface area contributed by atoms with Gasteiger partial charge in [-0.15, -0.1) is 0 Å². The van der Waals surface area contributed by atoms with E-state index in [9.17, 15) is 9.59 Å². The Morgan fingerprint density at radius 3 is 2.33 bits per heavy atom. The van der Waals surface area contributed by atoms with Crippen molar-refractivity contribution in [2.45, 2.75) is 32.7 Å². The Morgan fingerprint density at radius 1 is 1.22 bits per heavy atom. The van der Waals surface area contributed by atoms with Crippen molar-refractivity contribution in [3.05, 3.63) is 0 Å². The molecule has 0 aromatic rings. The average molecular weight is 254 g/mol. The van der Waals surface area contributed by atoms with Crippen LogP contribution in [0.15, 0.2) is 0 Å². The zero-order valence-corrected chi connectivity index (χ0v) is 11.1. The van der Waals surface area contributed by atoms with E-state index < -0.39 is 6.04 Å². The third-order valence-electron chi connectivity index (χ3n) is 3.50. The lowest BCUT2D eigenvalue weighted by Gasteiger charge is -2.32. The number of amides is 2. The molecule has 0 spiro atoms. The van der Waals surface area contributed by atoms with E-state index in [0.717, 1.165) is 12.8 Å². The van der Waals surface area contributed by atoms with Crippen LogP contribution in [-0.2, 0) is 14.3 Å². The quantitative estimate of drug-likeness (QED) is 0.790. The van der Waals surface area contributed by atoms with E-state index in [-0.39, 0.29) is 23.7 Å². The summed E-state index contributed by atoms with van der Waals surface area (Å²) < 4.78 is 5.24. The molecule has 1 heterocycles. The Kier molecular flexibility index (Phi) is 4.22. The molecule has 0 unspecified atom stereocenters. The van der Waals surface area contributed by atoms with Crippen molar-refractivity contribution in [2.75, 3.05) is 26.3 Å². The Balaban J connectivity index is 1.94. The summed E-state index contributed by atoms with van der Waals surface area (Å²) in [7, 11) is 0. The molecule has 0 radical (unpaired) electrons. The van der Waals surface area contributed by atoms with Crippen LogP contribution in [-0.4, -0.2) is 49.1 Å². The van der Waals surface area contributed by atoms with Gasteiger partial charge in [0.25, 0.3) is 0 Å². The summed E-state index contributed by atoms with van der Waals surface area (Å²) >= 11 is 0. The van der Waals surface area contributed by atoms with Crippen LogP contribution in [0.2, 0.25) is 0 Å².